The highest BCUT2D eigenvalue weighted by Crippen LogP contribution is 2.35. The molecule has 114 valence electrons. The van der Waals surface area contributed by atoms with E-state index < -0.39 is 4.92 Å². The third-order valence-corrected chi connectivity index (χ3v) is 4.04. The molecule has 0 aliphatic heterocycles. The lowest BCUT2D eigenvalue weighted by Gasteiger charge is -2.25. The molecule has 0 heterocycles. The predicted molar refractivity (Wildman–Crippen MR) is 81.5 cm³/mol. The Morgan fingerprint density at radius 2 is 2.19 bits per heavy atom. The van der Waals surface area contributed by atoms with Crippen molar-refractivity contribution in [2.75, 3.05) is 18.9 Å². The van der Waals surface area contributed by atoms with Gasteiger partial charge in [0.05, 0.1) is 4.92 Å². The molecule has 6 nitrogen and oxygen atoms in total. The van der Waals surface area contributed by atoms with Gasteiger partial charge < -0.3 is 10.2 Å². The standard InChI is InChI=1S/C15H21N3O3/c1-4-16-13-9-12(7-8-14(13)18(20)21)15(19)17(3)10(2)11-5-6-11/h7-11,16H,4-6H2,1-3H3. The largest absolute Gasteiger partial charge is 0.380 e. The minimum absolute atomic E-state index is 0.00806. The number of nitro benzene ring substituents is 1. The van der Waals surface area contributed by atoms with Crippen LogP contribution in [0, 0.1) is 16.0 Å². The second-order valence-corrected chi connectivity index (χ2v) is 5.51. The van der Waals surface area contributed by atoms with Gasteiger partial charge in [0.25, 0.3) is 11.6 Å². The minimum atomic E-state index is -0.442. The number of carbonyl (C=O) groups is 1. The van der Waals surface area contributed by atoms with E-state index in [1.807, 2.05) is 13.8 Å². The average molecular weight is 291 g/mol. The quantitative estimate of drug-likeness (QED) is 0.646. The second kappa shape index (κ2) is 6.11. The molecule has 1 amide bonds. The SMILES string of the molecule is CCNc1cc(C(=O)N(C)C(C)C2CC2)ccc1[N+](=O)[O-]. The summed E-state index contributed by atoms with van der Waals surface area (Å²) >= 11 is 0. The molecule has 0 aromatic heterocycles. The lowest BCUT2D eigenvalue weighted by molar-refractivity contribution is -0.384. The Morgan fingerprint density at radius 1 is 1.52 bits per heavy atom. The van der Waals surface area contributed by atoms with E-state index in [1.54, 1.807) is 18.0 Å². The van der Waals surface area contributed by atoms with Gasteiger partial charge in [0.2, 0.25) is 0 Å². The molecule has 1 saturated carbocycles. The number of nitro groups is 1. The summed E-state index contributed by atoms with van der Waals surface area (Å²) in [6, 6.07) is 4.69. The molecule has 0 saturated heterocycles. The summed E-state index contributed by atoms with van der Waals surface area (Å²) in [4.78, 5) is 24.8. The summed E-state index contributed by atoms with van der Waals surface area (Å²) in [6.45, 7) is 4.47. The van der Waals surface area contributed by atoms with E-state index in [9.17, 15) is 14.9 Å². The maximum atomic E-state index is 12.5. The van der Waals surface area contributed by atoms with Crippen molar-refractivity contribution in [3.8, 4) is 0 Å². The first kappa shape index (κ1) is 15.3. The fourth-order valence-electron chi connectivity index (χ4n) is 2.44. The number of hydrogen-bond acceptors (Lipinski definition) is 4. The highest BCUT2D eigenvalue weighted by atomic mass is 16.6. The Balaban J connectivity index is 2.24. The third-order valence-electron chi connectivity index (χ3n) is 4.04. The van der Waals surface area contributed by atoms with Crippen LogP contribution in [0.4, 0.5) is 11.4 Å². The Labute approximate surface area is 124 Å². The fourth-order valence-corrected chi connectivity index (χ4v) is 2.44. The number of anilines is 1. The number of carbonyl (C=O) groups excluding carboxylic acids is 1. The number of hydrogen-bond donors (Lipinski definition) is 1. The molecule has 1 aliphatic carbocycles. The molecule has 0 radical (unpaired) electrons. The topological polar surface area (TPSA) is 75.5 Å². The minimum Gasteiger partial charge on any atom is -0.380 e. The third kappa shape index (κ3) is 3.32. The van der Waals surface area contributed by atoms with Gasteiger partial charge >= 0.3 is 0 Å². The highest BCUT2D eigenvalue weighted by Gasteiger charge is 2.33. The monoisotopic (exact) mass is 291 g/mol. The number of nitrogens with one attached hydrogen (secondary N) is 1. The Kier molecular flexibility index (Phi) is 4.45. The first-order chi connectivity index (χ1) is 9.95. The highest BCUT2D eigenvalue weighted by molar-refractivity contribution is 5.96. The number of rotatable bonds is 6. The van der Waals surface area contributed by atoms with Crippen molar-refractivity contribution in [2.24, 2.45) is 5.92 Å². The van der Waals surface area contributed by atoms with Crippen LogP contribution in [0.25, 0.3) is 0 Å². The second-order valence-electron chi connectivity index (χ2n) is 5.51. The molecular formula is C15H21N3O3. The maximum Gasteiger partial charge on any atom is 0.292 e. The average Bonchev–Trinajstić information content (AvgIpc) is 3.29. The van der Waals surface area contributed by atoms with Gasteiger partial charge in [-0.1, -0.05) is 0 Å². The van der Waals surface area contributed by atoms with Crippen molar-refractivity contribution >= 4 is 17.3 Å². The van der Waals surface area contributed by atoms with E-state index in [0.717, 1.165) is 0 Å². The van der Waals surface area contributed by atoms with Crippen LogP contribution in [0.3, 0.4) is 0 Å². The normalized spacial score (nSPS) is 15.4. The van der Waals surface area contributed by atoms with Crippen molar-refractivity contribution in [3.05, 3.63) is 33.9 Å². The molecule has 1 aliphatic rings. The van der Waals surface area contributed by atoms with Gasteiger partial charge in [0.1, 0.15) is 5.69 Å². The molecule has 1 N–H and O–H groups in total. The van der Waals surface area contributed by atoms with Crippen molar-refractivity contribution in [2.45, 2.75) is 32.7 Å². The van der Waals surface area contributed by atoms with Crippen LogP contribution < -0.4 is 5.32 Å². The molecule has 0 bridgehead atoms. The van der Waals surface area contributed by atoms with Gasteiger partial charge in [-0.15, -0.1) is 0 Å². The molecule has 1 fully saturated rings. The van der Waals surface area contributed by atoms with E-state index in [4.69, 9.17) is 0 Å². The molecule has 1 unspecified atom stereocenters. The maximum absolute atomic E-state index is 12.5. The van der Waals surface area contributed by atoms with Crippen molar-refractivity contribution < 1.29 is 9.72 Å². The van der Waals surface area contributed by atoms with Crippen LogP contribution in [0.1, 0.15) is 37.0 Å². The van der Waals surface area contributed by atoms with E-state index in [-0.39, 0.29) is 17.6 Å². The van der Waals surface area contributed by atoms with Gasteiger partial charge in [-0.25, -0.2) is 0 Å². The lowest BCUT2D eigenvalue weighted by atomic mass is 10.1. The molecule has 1 aromatic rings. The molecule has 6 heteroatoms. The number of nitrogens with zero attached hydrogens (tertiary/aromatic N) is 2. The zero-order valence-electron chi connectivity index (χ0n) is 12.6. The van der Waals surface area contributed by atoms with E-state index in [2.05, 4.69) is 5.32 Å². The van der Waals surface area contributed by atoms with Crippen molar-refractivity contribution in [1.29, 1.82) is 0 Å². The van der Waals surface area contributed by atoms with Crippen LogP contribution in [0.5, 0.6) is 0 Å². The molecule has 2 rings (SSSR count). The Morgan fingerprint density at radius 3 is 2.71 bits per heavy atom. The number of amides is 1. The van der Waals surface area contributed by atoms with Gasteiger partial charge in [0, 0.05) is 31.3 Å². The zero-order chi connectivity index (χ0) is 15.6. The van der Waals surface area contributed by atoms with Crippen LogP contribution in [-0.4, -0.2) is 35.4 Å². The summed E-state index contributed by atoms with van der Waals surface area (Å²) in [7, 11) is 1.79. The molecule has 1 aromatic carbocycles. The zero-order valence-corrected chi connectivity index (χ0v) is 12.6. The van der Waals surface area contributed by atoms with Crippen molar-refractivity contribution in [1.82, 2.24) is 4.90 Å². The fraction of sp³-hybridized carbons (Fsp3) is 0.533. The van der Waals surface area contributed by atoms with Crippen LogP contribution >= 0.6 is 0 Å². The van der Waals surface area contributed by atoms with Crippen LogP contribution in [0.15, 0.2) is 18.2 Å². The van der Waals surface area contributed by atoms with E-state index >= 15 is 0 Å². The van der Waals surface area contributed by atoms with E-state index in [0.29, 0.717) is 23.7 Å². The summed E-state index contributed by atoms with van der Waals surface area (Å²) in [5.74, 6) is 0.494. The Bertz CT molecular complexity index is 555. The molecular weight excluding hydrogens is 270 g/mol. The lowest BCUT2D eigenvalue weighted by Crippen LogP contribution is -2.36. The summed E-state index contributed by atoms with van der Waals surface area (Å²) in [5.41, 5.74) is 0.860. The van der Waals surface area contributed by atoms with E-state index in [1.165, 1.54) is 25.0 Å². The Hall–Kier alpha value is -2.11. The van der Waals surface area contributed by atoms with Gasteiger partial charge in [-0.05, 0) is 44.7 Å². The van der Waals surface area contributed by atoms with Crippen molar-refractivity contribution in [3.63, 3.8) is 0 Å². The first-order valence-corrected chi connectivity index (χ1v) is 7.25. The van der Waals surface area contributed by atoms with Crippen LogP contribution in [0.2, 0.25) is 0 Å². The first-order valence-electron chi connectivity index (χ1n) is 7.25. The van der Waals surface area contributed by atoms with Gasteiger partial charge in [0.15, 0.2) is 0 Å². The van der Waals surface area contributed by atoms with Gasteiger partial charge in [-0.3, -0.25) is 14.9 Å². The van der Waals surface area contributed by atoms with Crippen LogP contribution in [-0.2, 0) is 0 Å². The summed E-state index contributed by atoms with van der Waals surface area (Å²) < 4.78 is 0. The van der Waals surface area contributed by atoms with Gasteiger partial charge in [-0.2, -0.15) is 0 Å². The number of benzene rings is 1. The summed E-state index contributed by atoms with van der Waals surface area (Å²) in [5, 5.41) is 13.9. The molecule has 21 heavy (non-hydrogen) atoms. The molecule has 0 spiro atoms. The summed E-state index contributed by atoms with van der Waals surface area (Å²) in [6.07, 6.45) is 2.34. The smallest absolute Gasteiger partial charge is 0.292 e. The molecule has 1 atom stereocenters. The predicted octanol–water partition coefficient (Wildman–Crippen LogP) is 2.90.